The van der Waals surface area contributed by atoms with Crippen LogP contribution < -0.4 is 10.2 Å². The highest BCUT2D eigenvalue weighted by Gasteiger charge is 2.20. The molecule has 0 unspecified atom stereocenters. The average molecular weight is 439 g/mol. The van der Waals surface area contributed by atoms with Crippen LogP contribution in [0.3, 0.4) is 0 Å². The fraction of sp³-hybridized carbons (Fsp3) is 0.478. The molecule has 0 radical (unpaired) electrons. The number of nitrogens with one attached hydrogen (secondary N) is 1. The molecule has 0 atom stereocenters. The normalized spacial score (nSPS) is 14.4. The van der Waals surface area contributed by atoms with Gasteiger partial charge in [-0.25, -0.2) is 14.6 Å². The molecule has 7 nitrogen and oxygen atoms in total. The fourth-order valence-electron chi connectivity index (χ4n) is 3.84. The Hall–Kier alpha value is -2.61. The summed E-state index contributed by atoms with van der Waals surface area (Å²) in [6.45, 7) is 9.57. The van der Waals surface area contributed by atoms with Gasteiger partial charge in [0, 0.05) is 25.2 Å². The van der Waals surface area contributed by atoms with Gasteiger partial charge in [0.05, 0.1) is 18.1 Å². The maximum atomic E-state index is 12.5. The minimum absolute atomic E-state index is 0.0710. The summed E-state index contributed by atoms with van der Waals surface area (Å²) >= 11 is 1.54. The molecule has 2 aromatic heterocycles. The van der Waals surface area contributed by atoms with Crippen LogP contribution in [0.15, 0.2) is 35.6 Å². The highest BCUT2D eigenvalue weighted by atomic mass is 32.2. The van der Waals surface area contributed by atoms with Crippen LogP contribution in [0.4, 0.5) is 5.82 Å². The smallest absolute Gasteiger partial charge is 0.251 e. The molecule has 0 aliphatic carbocycles. The first-order chi connectivity index (χ1) is 14.9. The van der Waals surface area contributed by atoms with Crippen molar-refractivity contribution in [1.29, 1.82) is 0 Å². The second kappa shape index (κ2) is 8.86. The van der Waals surface area contributed by atoms with E-state index in [2.05, 4.69) is 41.1 Å². The van der Waals surface area contributed by atoms with E-state index in [0.717, 1.165) is 35.1 Å². The lowest BCUT2D eigenvalue weighted by molar-refractivity contribution is 0.0952. The summed E-state index contributed by atoms with van der Waals surface area (Å²) in [6.07, 6.45) is 6.22. The summed E-state index contributed by atoms with van der Waals surface area (Å²) in [6, 6.07) is 7.83. The maximum absolute atomic E-state index is 12.5. The average Bonchev–Trinajstić information content (AvgIpc) is 3.43. The zero-order valence-corrected chi connectivity index (χ0v) is 19.5. The number of benzene rings is 1. The van der Waals surface area contributed by atoms with Crippen molar-refractivity contribution in [3.05, 3.63) is 41.6 Å². The summed E-state index contributed by atoms with van der Waals surface area (Å²) < 4.78 is 1.86. The molecular formula is C23H30N6OS. The molecule has 0 saturated carbocycles. The third-order valence-corrected chi connectivity index (χ3v) is 6.21. The van der Waals surface area contributed by atoms with Gasteiger partial charge in [-0.3, -0.25) is 4.79 Å². The van der Waals surface area contributed by atoms with Gasteiger partial charge in [0.25, 0.3) is 5.91 Å². The van der Waals surface area contributed by atoms with Gasteiger partial charge in [-0.15, -0.1) is 0 Å². The molecule has 0 bridgehead atoms. The number of fused-ring (bicyclic) bond motifs is 1. The second-order valence-corrected chi connectivity index (χ2v) is 9.69. The number of hydrogen-bond acceptors (Lipinski definition) is 6. The number of carbonyl (C=O) groups excluding carboxylic acids is 1. The first-order valence-electron chi connectivity index (χ1n) is 10.8. The molecule has 164 valence electrons. The zero-order valence-electron chi connectivity index (χ0n) is 18.7. The lowest BCUT2D eigenvalue weighted by Crippen LogP contribution is -2.27. The van der Waals surface area contributed by atoms with Crippen LogP contribution in [-0.4, -0.2) is 51.5 Å². The standard InChI is InChI=1S/C23H30N6OS/c1-23(2,3)17-9-7-16(8-10-17)21(30)24-11-14-29-20-18(15-25-29)19(26-22(27-20)31-4)28-12-5-6-13-28/h7-10,15H,5-6,11-14H2,1-4H3,(H,24,30). The van der Waals surface area contributed by atoms with Crippen molar-refractivity contribution >= 4 is 34.5 Å². The van der Waals surface area contributed by atoms with E-state index in [-0.39, 0.29) is 11.3 Å². The molecule has 1 amide bonds. The number of aromatic nitrogens is 4. The number of anilines is 1. The lowest BCUT2D eigenvalue weighted by Gasteiger charge is -2.19. The minimum atomic E-state index is -0.0749. The summed E-state index contributed by atoms with van der Waals surface area (Å²) in [7, 11) is 0. The number of carbonyl (C=O) groups is 1. The molecule has 0 spiro atoms. The van der Waals surface area contributed by atoms with Crippen LogP contribution in [0.25, 0.3) is 11.0 Å². The predicted octanol–water partition coefficient (Wildman–Crippen LogP) is 3.88. The largest absolute Gasteiger partial charge is 0.356 e. The lowest BCUT2D eigenvalue weighted by atomic mass is 9.87. The number of amides is 1. The Balaban J connectivity index is 1.45. The number of hydrogen-bond donors (Lipinski definition) is 1. The third-order valence-electron chi connectivity index (χ3n) is 5.67. The third kappa shape index (κ3) is 4.69. The van der Waals surface area contributed by atoms with Gasteiger partial charge >= 0.3 is 0 Å². The SMILES string of the molecule is CSc1nc(N2CCCC2)c2cnn(CCNC(=O)c3ccc(C(C)(C)C)cc3)c2n1. The number of rotatable bonds is 6. The van der Waals surface area contributed by atoms with Crippen LogP contribution in [0, 0.1) is 0 Å². The van der Waals surface area contributed by atoms with E-state index >= 15 is 0 Å². The van der Waals surface area contributed by atoms with Gasteiger partial charge in [0.15, 0.2) is 10.8 Å². The Morgan fingerprint density at radius 1 is 1.13 bits per heavy atom. The van der Waals surface area contributed by atoms with Gasteiger partial charge in [-0.2, -0.15) is 5.10 Å². The second-order valence-electron chi connectivity index (χ2n) is 8.92. The summed E-state index contributed by atoms with van der Waals surface area (Å²) in [5, 5.41) is 9.26. The molecule has 1 N–H and O–H groups in total. The van der Waals surface area contributed by atoms with Crippen LogP contribution in [0.2, 0.25) is 0 Å². The Kier molecular flexibility index (Phi) is 6.18. The molecule has 3 aromatic rings. The highest BCUT2D eigenvalue weighted by Crippen LogP contribution is 2.28. The Labute approximate surface area is 187 Å². The highest BCUT2D eigenvalue weighted by molar-refractivity contribution is 7.98. The summed E-state index contributed by atoms with van der Waals surface area (Å²) in [5.74, 6) is 0.898. The molecule has 1 saturated heterocycles. The molecule has 1 aliphatic heterocycles. The predicted molar refractivity (Wildman–Crippen MR) is 126 cm³/mol. The number of nitrogens with zero attached hydrogens (tertiary/aromatic N) is 5. The van der Waals surface area contributed by atoms with E-state index in [9.17, 15) is 4.79 Å². The summed E-state index contributed by atoms with van der Waals surface area (Å²) in [4.78, 5) is 24.3. The van der Waals surface area contributed by atoms with E-state index in [0.29, 0.717) is 18.7 Å². The first-order valence-corrected chi connectivity index (χ1v) is 12.0. The molecule has 1 aromatic carbocycles. The summed E-state index contributed by atoms with van der Waals surface area (Å²) in [5.41, 5.74) is 2.78. The van der Waals surface area contributed by atoms with Gasteiger partial charge in [0.2, 0.25) is 0 Å². The van der Waals surface area contributed by atoms with Crippen LogP contribution in [0.1, 0.15) is 49.5 Å². The monoisotopic (exact) mass is 438 g/mol. The van der Waals surface area contributed by atoms with Crippen molar-refractivity contribution < 1.29 is 4.79 Å². The van der Waals surface area contributed by atoms with Crippen molar-refractivity contribution in [2.75, 3.05) is 30.8 Å². The topological polar surface area (TPSA) is 75.9 Å². The Bertz CT molecular complexity index is 1060. The molecule has 8 heteroatoms. The van der Waals surface area contributed by atoms with Crippen molar-refractivity contribution in [1.82, 2.24) is 25.1 Å². The van der Waals surface area contributed by atoms with Crippen molar-refractivity contribution in [2.45, 2.75) is 50.7 Å². The minimum Gasteiger partial charge on any atom is -0.356 e. The number of thioether (sulfide) groups is 1. The van der Waals surface area contributed by atoms with Crippen molar-refractivity contribution in [2.24, 2.45) is 0 Å². The van der Waals surface area contributed by atoms with Crippen molar-refractivity contribution in [3.63, 3.8) is 0 Å². The first kappa shape index (κ1) is 21.6. The van der Waals surface area contributed by atoms with E-state index in [1.54, 1.807) is 0 Å². The van der Waals surface area contributed by atoms with E-state index in [1.165, 1.54) is 30.2 Å². The molecule has 1 fully saturated rings. The van der Waals surface area contributed by atoms with Crippen LogP contribution in [0.5, 0.6) is 0 Å². The Morgan fingerprint density at radius 2 is 1.84 bits per heavy atom. The van der Waals surface area contributed by atoms with Crippen molar-refractivity contribution in [3.8, 4) is 0 Å². The van der Waals surface area contributed by atoms with Crippen LogP contribution in [-0.2, 0) is 12.0 Å². The molecule has 3 heterocycles. The van der Waals surface area contributed by atoms with E-state index in [4.69, 9.17) is 4.98 Å². The van der Waals surface area contributed by atoms with Crippen LogP contribution >= 0.6 is 11.8 Å². The van der Waals surface area contributed by atoms with Gasteiger partial charge in [-0.05, 0) is 42.2 Å². The fourth-order valence-corrected chi connectivity index (χ4v) is 4.20. The molecule has 31 heavy (non-hydrogen) atoms. The molecule has 1 aliphatic rings. The van der Waals surface area contributed by atoms with E-state index < -0.39 is 0 Å². The van der Waals surface area contributed by atoms with Gasteiger partial charge in [0.1, 0.15) is 5.82 Å². The Morgan fingerprint density at radius 3 is 2.48 bits per heavy atom. The van der Waals surface area contributed by atoms with Gasteiger partial charge in [-0.1, -0.05) is 44.7 Å². The molecule has 4 rings (SSSR count). The molecular weight excluding hydrogens is 408 g/mol. The quantitative estimate of drug-likeness (QED) is 0.465. The zero-order chi connectivity index (χ0) is 22.0. The maximum Gasteiger partial charge on any atom is 0.251 e. The van der Waals surface area contributed by atoms with E-state index in [1.807, 2.05) is 41.4 Å². The van der Waals surface area contributed by atoms with Gasteiger partial charge < -0.3 is 10.2 Å².